The predicted octanol–water partition coefficient (Wildman–Crippen LogP) is 9.88. The number of rotatable bonds is 26. The molecule has 0 radical (unpaired) electrons. The molecular weight excluding hydrogens is 710 g/mol. The molecule has 0 amide bonds. The first-order valence-corrected chi connectivity index (χ1v) is 20.8. The molecular formula is C45H62ClN5O4. The molecule has 0 aliphatic rings. The summed E-state index contributed by atoms with van der Waals surface area (Å²) in [5.41, 5.74) is 3.93. The Morgan fingerprint density at radius 3 is 1.95 bits per heavy atom. The molecule has 5 rings (SSSR count). The van der Waals surface area contributed by atoms with Crippen molar-refractivity contribution < 1.29 is 18.9 Å². The second kappa shape index (κ2) is 22.4. The van der Waals surface area contributed by atoms with Gasteiger partial charge in [-0.05, 0) is 87.4 Å². The molecule has 0 bridgehead atoms. The Bertz CT molecular complexity index is 1830. The lowest BCUT2D eigenvalue weighted by Crippen LogP contribution is -2.25. The van der Waals surface area contributed by atoms with Crippen molar-refractivity contribution in [2.24, 2.45) is 0 Å². The van der Waals surface area contributed by atoms with Gasteiger partial charge in [0.1, 0.15) is 35.2 Å². The van der Waals surface area contributed by atoms with Gasteiger partial charge in [-0.2, -0.15) is 0 Å². The minimum Gasteiger partial charge on any atom is -0.493 e. The highest BCUT2D eigenvalue weighted by atomic mass is 35.5. The Hall–Kier alpha value is -4.18. The van der Waals surface area contributed by atoms with Crippen molar-refractivity contribution >= 4 is 22.6 Å². The first-order valence-electron chi connectivity index (χ1n) is 20.5. The molecule has 0 saturated heterocycles. The quantitative estimate of drug-likeness (QED) is 0.0519. The Morgan fingerprint density at radius 1 is 0.636 bits per heavy atom. The number of imidazole rings is 1. The summed E-state index contributed by atoms with van der Waals surface area (Å²) < 4.78 is 30.3. The second-order valence-corrected chi connectivity index (χ2v) is 14.3. The summed E-state index contributed by atoms with van der Waals surface area (Å²) in [5, 5.41) is 0.732. The van der Waals surface area contributed by atoms with Crippen LogP contribution in [-0.4, -0.2) is 89.6 Å². The van der Waals surface area contributed by atoms with Crippen LogP contribution >= 0.6 is 11.6 Å². The summed E-state index contributed by atoms with van der Waals surface area (Å²) in [6.45, 7) is 21.0. The Labute approximate surface area is 334 Å². The van der Waals surface area contributed by atoms with Gasteiger partial charge in [0.15, 0.2) is 5.75 Å². The van der Waals surface area contributed by atoms with Crippen molar-refractivity contribution in [3.05, 3.63) is 89.7 Å². The molecule has 0 aliphatic heterocycles. The number of nitrogens with zero attached hydrogens (tertiary/aromatic N) is 5. The largest absolute Gasteiger partial charge is 0.493 e. The summed E-state index contributed by atoms with van der Waals surface area (Å²) in [6, 6.07) is 22.3. The molecule has 3 aromatic carbocycles. The van der Waals surface area contributed by atoms with Gasteiger partial charge in [-0.25, -0.2) is 4.98 Å². The van der Waals surface area contributed by atoms with E-state index in [2.05, 4.69) is 78.1 Å². The monoisotopic (exact) mass is 771 g/mol. The van der Waals surface area contributed by atoms with Crippen LogP contribution in [0.2, 0.25) is 5.02 Å². The van der Waals surface area contributed by atoms with E-state index in [0.717, 1.165) is 135 Å². The average Bonchev–Trinajstić information content (AvgIpc) is 3.86. The van der Waals surface area contributed by atoms with Gasteiger partial charge < -0.3 is 37.9 Å². The fourth-order valence-electron chi connectivity index (χ4n) is 6.75. The van der Waals surface area contributed by atoms with E-state index in [0.29, 0.717) is 26.4 Å². The maximum Gasteiger partial charge on any atom is 0.150 e. The van der Waals surface area contributed by atoms with E-state index < -0.39 is 0 Å². The number of hydrogen-bond acceptors (Lipinski definition) is 7. The Kier molecular flexibility index (Phi) is 17.1. The van der Waals surface area contributed by atoms with E-state index in [1.54, 1.807) is 0 Å². The van der Waals surface area contributed by atoms with Crippen LogP contribution in [0.15, 0.2) is 79.1 Å². The van der Waals surface area contributed by atoms with Crippen molar-refractivity contribution in [2.45, 2.75) is 79.8 Å². The lowest BCUT2D eigenvalue weighted by molar-refractivity contribution is 0.243. The van der Waals surface area contributed by atoms with Crippen molar-refractivity contribution in [1.82, 2.24) is 23.9 Å². The fraction of sp³-hybridized carbons (Fsp3) is 0.489. The van der Waals surface area contributed by atoms with Crippen molar-refractivity contribution in [2.75, 3.05) is 65.7 Å². The molecule has 5 aromatic rings. The number of unbranched alkanes of at least 4 members (excludes halogenated alkanes) is 1. The van der Waals surface area contributed by atoms with Crippen LogP contribution in [0.3, 0.4) is 0 Å². The smallest absolute Gasteiger partial charge is 0.150 e. The molecule has 10 heteroatoms. The van der Waals surface area contributed by atoms with E-state index in [-0.39, 0.29) is 0 Å². The molecule has 0 saturated carbocycles. The maximum atomic E-state index is 6.59. The third kappa shape index (κ3) is 12.4. The number of halogens is 1. The highest BCUT2D eigenvalue weighted by molar-refractivity contribution is 6.30. The molecule has 2 aromatic heterocycles. The van der Waals surface area contributed by atoms with Crippen LogP contribution in [0.5, 0.6) is 23.0 Å². The van der Waals surface area contributed by atoms with Gasteiger partial charge in [-0.15, -0.1) is 0 Å². The summed E-state index contributed by atoms with van der Waals surface area (Å²) >= 11 is 6.10. The lowest BCUT2D eigenvalue weighted by Gasteiger charge is -2.18. The molecule has 0 atom stereocenters. The summed E-state index contributed by atoms with van der Waals surface area (Å²) in [5.74, 6) is 3.90. The van der Waals surface area contributed by atoms with Crippen LogP contribution in [-0.2, 0) is 19.5 Å². The number of benzene rings is 3. The summed E-state index contributed by atoms with van der Waals surface area (Å²) in [4.78, 5) is 10.2. The van der Waals surface area contributed by atoms with Gasteiger partial charge in [0, 0.05) is 61.7 Å². The van der Waals surface area contributed by atoms with Crippen LogP contribution in [0.4, 0.5) is 0 Å². The van der Waals surface area contributed by atoms with E-state index in [1.807, 2.05) is 54.6 Å². The predicted molar refractivity (Wildman–Crippen MR) is 226 cm³/mol. The van der Waals surface area contributed by atoms with E-state index >= 15 is 0 Å². The van der Waals surface area contributed by atoms with Crippen LogP contribution in [0, 0.1) is 0 Å². The molecule has 298 valence electrons. The highest BCUT2D eigenvalue weighted by Gasteiger charge is 2.21. The number of hydrogen-bond donors (Lipinski definition) is 0. The first-order chi connectivity index (χ1) is 27.0. The topological polar surface area (TPSA) is 66.1 Å². The van der Waals surface area contributed by atoms with Gasteiger partial charge in [0.2, 0.25) is 0 Å². The van der Waals surface area contributed by atoms with Gasteiger partial charge >= 0.3 is 0 Å². The summed E-state index contributed by atoms with van der Waals surface area (Å²) in [7, 11) is 0. The third-order valence-electron chi connectivity index (χ3n) is 10.1. The minimum absolute atomic E-state index is 0.497. The molecule has 2 heterocycles. The van der Waals surface area contributed by atoms with E-state index in [1.165, 1.54) is 5.56 Å². The molecule has 0 aliphatic carbocycles. The van der Waals surface area contributed by atoms with E-state index in [4.69, 9.17) is 35.5 Å². The minimum atomic E-state index is 0.497. The van der Waals surface area contributed by atoms with Gasteiger partial charge in [0.25, 0.3) is 0 Å². The van der Waals surface area contributed by atoms with Gasteiger partial charge in [-0.3, -0.25) is 0 Å². The zero-order valence-corrected chi connectivity index (χ0v) is 34.5. The fourth-order valence-corrected chi connectivity index (χ4v) is 6.88. The lowest BCUT2D eigenvalue weighted by atomic mass is 10.1. The maximum absolute atomic E-state index is 6.59. The number of aryl methyl sites for hydroxylation is 1. The Morgan fingerprint density at radius 2 is 1.27 bits per heavy atom. The first kappa shape index (κ1) is 42.0. The van der Waals surface area contributed by atoms with Crippen molar-refractivity contribution in [3.63, 3.8) is 0 Å². The molecule has 0 N–H and O–H groups in total. The van der Waals surface area contributed by atoms with Gasteiger partial charge in [-0.1, -0.05) is 64.8 Å². The van der Waals surface area contributed by atoms with Crippen molar-refractivity contribution in [3.8, 4) is 34.4 Å². The Balaban J connectivity index is 1.48. The van der Waals surface area contributed by atoms with Crippen molar-refractivity contribution in [1.29, 1.82) is 0 Å². The molecule has 0 unspecified atom stereocenters. The van der Waals surface area contributed by atoms with Gasteiger partial charge in [0.05, 0.1) is 37.4 Å². The molecule has 55 heavy (non-hydrogen) atoms. The number of fused-ring (bicyclic) bond motifs is 1. The SMILES string of the molecule is CCCCn1c(-c2ccc(OCCc3ccc(Cl)cc3)cc2OCCn2cccc2)nc2c(OCCCN(CC)CC)cc(OCCCN(CC)CC)cc21. The third-order valence-corrected chi connectivity index (χ3v) is 10.4. The van der Waals surface area contributed by atoms with Crippen LogP contribution in [0.25, 0.3) is 22.4 Å². The molecule has 9 nitrogen and oxygen atoms in total. The molecule has 0 spiro atoms. The number of ether oxygens (including phenoxy) is 4. The average molecular weight is 772 g/mol. The summed E-state index contributed by atoms with van der Waals surface area (Å²) in [6.07, 6.45) is 8.82. The normalized spacial score (nSPS) is 11.6. The van der Waals surface area contributed by atoms with Crippen LogP contribution < -0.4 is 18.9 Å². The standard InChI is InChI=1S/C45H62ClN5O4/c1-6-11-27-51-41-33-39(52-29-14-25-48(7-2)8-3)35-43(54-30-15-26-49(9-4)10-5)44(41)47-45(51)40-21-20-38(53-31-22-36-16-18-37(46)19-17-36)34-42(40)55-32-28-50-23-12-13-24-50/h12-13,16-21,23-24,33-35H,6-11,14-15,22,25-32H2,1-5H3. The molecule has 0 fully saturated rings. The zero-order chi connectivity index (χ0) is 38.8. The zero-order valence-electron chi connectivity index (χ0n) is 33.8. The van der Waals surface area contributed by atoms with E-state index in [9.17, 15) is 0 Å². The second-order valence-electron chi connectivity index (χ2n) is 13.8. The number of aromatic nitrogens is 3. The highest BCUT2D eigenvalue weighted by Crippen LogP contribution is 2.39. The van der Waals surface area contributed by atoms with Crippen LogP contribution in [0.1, 0.15) is 65.9 Å².